The van der Waals surface area contributed by atoms with Crippen LogP contribution < -0.4 is 19.9 Å². The van der Waals surface area contributed by atoms with Crippen molar-refractivity contribution >= 4 is 23.0 Å². The van der Waals surface area contributed by atoms with Gasteiger partial charge in [0, 0.05) is 45.3 Å². The molecule has 1 aliphatic rings. The first-order chi connectivity index (χ1) is 21.1. The number of para-hydroxylation sites is 1. The van der Waals surface area contributed by atoms with Crippen molar-refractivity contribution in [2.45, 2.75) is 104 Å². The summed E-state index contributed by atoms with van der Waals surface area (Å²) in [4.78, 5) is 19.4. The third-order valence-corrected chi connectivity index (χ3v) is 8.66. The Hall–Kier alpha value is -2.73. The van der Waals surface area contributed by atoms with Crippen molar-refractivity contribution in [2.75, 3.05) is 68.0 Å². The summed E-state index contributed by atoms with van der Waals surface area (Å²) in [5.41, 5.74) is 3.21. The number of hydrogen-bond donors (Lipinski definition) is 1. The lowest BCUT2D eigenvalue weighted by molar-refractivity contribution is -0.114. The molecule has 0 aliphatic carbocycles. The molecule has 2 aromatic carbocycles. The van der Waals surface area contributed by atoms with E-state index in [-0.39, 0.29) is 5.91 Å². The number of carbonyl (C=O) groups excluding carboxylic acids is 1. The highest BCUT2D eigenvalue weighted by Crippen LogP contribution is 2.32. The number of ether oxygens (including phenoxy) is 1. The molecule has 1 saturated heterocycles. The van der Waals surface area contributed by atoms with E-state index in [0.717, 1.165) is 62.8 Å². The van der Waals surface area contributed by atoms with Crippen molar-refractivity contribution in [3.63, 3.8) is 0 Å². The summed E-state index contributed by atoms with van der Waals surface area (Å²) in [5.74, 6) is 0.859. The largest absolute Gasteiger partial charge is 0.492 e. The lowest BCUT2D eigenvalue weighted by Crippen LogP contribution is -2.44. The number of likely N-dealkylation sites (N-methyl/N-ethyl adjacent to an activating group) is 1. The molecular weight excluding hydrogens is 532 g/mol. The molecular formula is C37H60N4O2. The fourth-order valence-electron chi connectivity index (χ4n) is 5.98. The third-order valence-electron chi connectivity index (χ3n) is 8.66. The molecule has 1 fully saturated rings. The van der Waals surface area contributed by atoms with E-state index in [4.69, 9.17) is 4.74 Å². The Morgan fingerprint density at radius 2 is 1.35 bits per heavy atom. The van der Waals surface area contributed by atoms with Gasteiger partial charge in [-0.1, -0.05) is 109 Å². The Kier molecular flexibility index (Phi) is 17.0. The average molecular weight is 593 g/mol. The van der Waals surface area contributed by atoms with Gasteiger partial charge in [0.1, 0.15) is 12.4 Å². The molecule has 2 aromatic rings. The van der Waals surface area contributed by atoms with Crippen molar-refractivity contribution in [2.24, 2.45) is 0 Å². The molecule has 0 aromatic heterocycles. The van der Waals surface area contributed by atoms with Gasteiger partial charge in [0.15, 0.2) is 0 Å². The van der Waals surface area contributed by atoms with E-state index >= 15 is 0 Å². The monoisotopic (exact) mass is 592 g/mol. The van der Waals surface area contributed by atoms with Gasteiger partial charge in [-0.15, -0.1) is 0 Å². The highest BCUT2D eigenvalue weighted by Gasteiger charge is 2.19. The lowest BCUT2D eigenvalue weighted by Gasteiger charge is -2.35. The van der Waals surface area contributed by atoms with Crippen LogP contribution in [0.2, 0.25) is 0 Å². The van der Waals surface area contributed by atoms with Gasteiger partial charge >= 0.3 is 0 Å². The van der Waals surface area contributed by atoms with Gasteiger partial charge in [0.25, 0.3) is 0 Å². The number of carbonyl (C=O) groups is 1. The fraction of sp³-hybridized carbons (Fsp3) is 0.649. The van der Waals surface area contributed by atoms with Gasteiger partial charge < -0.3 is 24.8 Å². The maximum absolute atomic E-state index is 12.1. The smallest absolute Gasteiger partial charge is 0.221 e. The number of rotatable bonds is 22. The van der Waals surface area contributed by atoms with Crippen LogP contribution in [0.4, 0.5) is 17.1 Å². The minimum atomic E-state index is -0.0365. The van der Waals surface area contributed by atoms with Gasteiger partial charge in [-0.2, -0.15) is 0 Å². The number of piperazine rings is 1. The van der Waals surface area contributed by atoms with Crippen LogP contribution in [0.1, 0.15) is 104 Å². The molecule has 1 heterocycles. The van der Waals surface area contributed by atoms with Crippen LogP contribution in [0, 0.1) is 0 Å². The van der Waals surface area contributed by atoms with Crippen molar-refractivity contribution in [3.05, 3.63) is 48.5 Å². The molecule has 0 radical (unpaired) electrons. The SMILES string of the molecule is CCCCCCCCCCCCCCCCN(CCOc1ccccc1)c1cc(N2CCN(C)CC2)ccc1NC(C)=O. The minimum Gasteiger partial charge on any atom is -0.492 e. The number of unbranched alkanes of at least 4 members (excludes halogenated alkanes) is 13. The van der Waals surface area contributed by atoms with Crippen LogP contribution in [-0.4, -0.2) is 63.7 Å². The zero-order valence-electron chi connectivity index (χ0n) is 27.6. The van der Waals surface area contributed by atoms with Crippen molar-refractivity contribution in [1.29, 1.82) is 0 Å². The van der Waals surface area contributed by atoms with Crippen molar-refractivity contribution in [1.82, 2.24) is 4.90 Å². The standard InChI is InChI=1S/C37H60N4O2/c1-4-5-6-7-8-9-10-11-12-13-14-15-16-20-25-41(30-31-43-35-21-18-17-19-22-35)37-32-34(23-24-36(37)38-33(2)42)40-28-26-39(3)27-29-40/h17-19,21-24,32H,4-16,20,25-31H2,1-3H3,(H,38,42). The second kappa shape index (κ2) is 21.1. The zero-order valence-corrected chi connectivity index (χ0v) is 27.6. The highest BCUT2D eigenvalue weighted by molar-refractivity contribution is 5.93. The van der Waals surface area contributed by atoms with E-state index in [9.17, 15) is 4.79 Å². The molecule has 1 aliphatic heterocycles. The first-order valence-corrected chi connectivity index (χ1v) is 17.3. The Morgan fingerprint density at radius 1 is 0.767 bits per heavy atom. The van der Waals surface area contributed by atoms with E-state index in [0.29, 0.717) is 6.61 Å². The molecule has 6 nitrogen and oxygen atoms in total. The summed E-state index contributed by atoms with van der Waals surface area (Å²) < 4.78 is 6.12. The Bertz CT molecular complexity index is 1010. The molecule has 240 valence electrons. The highest BCUT2D eigenvalue weighted by atomic mass is 16.5. The summed E-state index contributed by atoms with van der Waals surface area (Å²) in [6.45, 7) is 10.4. The van der Waals surface area contributed by atoms with E-state index in [1.807, 2.05) is 30.3 Å². The van der Waals surface area contributed by atoms with E-state index in [1.54, 1.807) is 6.92 Å². The second-order valence-electron chi connectivity index (χ2n) is 12.4. The van der Waals surface area contributed by atoms with Crippen molar-refractivity contribution in [3.8, 4) is 5.75 Å². The topological polar surface area (TPSA) is 48.1 Å². The molecule has 0 spiro atoms. The third kappa shape index (κ3) is 14.1. The minimum absolute atomic E-state index is 0.0365. The number of anilines is 3. The van der Waals surface area contributed by atoms with E-state index < -0.39 is 0 Å². The number of nitrogens with one attached hydrogen (secondary N) is 1. The molecule has 0 bridgehead atoms. The van der Waals surface area contributed by atoms with Crippen molar-refractivity contribution < 1.29 is 9.53 Å². The van der Waals surface area contributed by atoms with Crippen LogP contribution in [0.5, 0.6) is 5.75 Å². The first kappa shape index (κ1) is 34.8. The van der Waals surface area contributed by atoms with Crippen LogP contribution in [-0.2, 0) is 4.79 Å². The normalized spacial score (nSPS) is 13.7. The Morgan fingerprint density at radius 3 is 1.93 bits per heavy atom. The molecule has 1 N–H and O–H groups in total. The van der Waals surface area contributed by atoms with Gasteiger partial charge in [-0.25, -0.2) is 0 Å². The quantitative estimate of drug-likeness (QED) is 0.139. The Balaban J connectivity index is 1.52. The number of amides is 1. The lowest BCUT2D eigenvalue weighted by atomic mass is 10.0. The molecule has 43 heavy (non-hydrogen) atoms. The van der Waals surface area contributed by atoms with Gasteiger partial charge in [-0.3, -0.25) is 4.79 Å². The van der Waals surface area contributed by atoms with Crippen LogP contribution in [0.15, 0.2) is 48.5 Å². The molecule has 1 amide bonds. The van der Waals surface area contributed by atoms with E-state index in [1.165, 1.54) is 89.2 Å². The van der Waals surface area contributed by atoms with E-state index in [2.05, 4.69) is 52.2 Å². The first-order valence-electron chi connectivity index (χ1n) is 17.3. The fourth-order valence-corrected chi connectivity index (χ4v) is 5.98. The summed E-state index contributed by atoms with van der Waals surface area (Å²) >= 11 is 0. The zero-order chi connectivity index (χ0) is 30.5. The number of benzene rings is 2. The van der Waals surface area contributed by atoms with Gasteiger partial charge in [-0.05, 0) is 43.8 Å². The predicted molar refractivity (Wildman–Crippen MR) is 185 cm³/mol. The van der Waals surface area contributed by atoms with Crippen LogP contribution >= 0.6 is 0 Å². The Labute approximate surface area is 263 Å². The van der Waals surface area contributed by atoms with Crippen LogP contribution in [0.3, 0.4) is 0 Å². The summed E-state index contributed by atoms with van der Waals surface area (Å²) in [5, 5.41) is 3.10. The maximum atomic E-state index is 12.1. The molecule has 0 unspecified atom stereocenters. The van der Waals surface area contributed by atoms with Gasteiger partial charge in [0.05, 0.1) is 17.9 Å². The van der Waals surface area contributed by atoms with Crippen LogP contribution in [0.25, 0.3) is 0 Å². The molecule has 3 rings (SSSR count). The molecule has 0 atom stereocenters. The maximum Gasteiger partial charge on any atom is 0.221 e. The molecule has 0 saturated carbocycles. The summed E-state index contributed by atoms with van der Waals surface area (Å²) in [7, 11) is 2.19. The summed E-state index contributed by atoms with van der Waals surface area (Å²) in [6, 6.07) is 16.6. The number of nitrogens with zero attached hydrogens (tertiary/aromatic N) is 3. The number of hydrogen-bond acceptors (Lipinski definition) is 5. The predicted octanol–water partition coefficient (Wildman–Crippen LogP) is 8.76. The molecule has 6 heteroatoms. The summed E-state index contributed by atoms with van der Waals surface area (Å²) in [6.07, 6.45) is 19.0. The second-order valence-corrected chi connectivity index (χ2v) is 12.4. The average Bonchev–Trinajstić information content (AvgIpc) is 3.01. The van der Waals surface area contributed by atoms with Gasteiger partial charge in [0.2, 0.25) is 5.91 Å².